The van der Waals surface area contributed by atoms with Gasteiger partial charge in [0.2, 0.25) is 0 Å². The third kappa shape index (κ3) is 17.8. The van der Waals surface area contributed by atoms with E-state index in [0.717, 1.165) is 44.9 Å². The van der Waals surface area contributed by atoms with Crippen molar-refractivity contribution in [3.05, 3.63) is 0 Å². The van der Waals surface area contributed by atoms with E-state index in [1.54, 1.807) is 0 Å². The van der Waals surface area contributed by atoms with E-state index in [0.29, 0.717) is 12.8 Å². The zero-order valence-electron chi connectivity index (χ0n) is 17.3. The Hall–Kier alpha value is -1.06. The summed E-state index contributed by atoms with van der Waals surface area (Å²) in [7, 11) is 0. The molecule has 0 saturated carbocycles. The van der Waals surface area contributed by atoms with Gasteiger partial charge in [0.25, 0.3) is 0 Å². The van der Waals surface area contributed by atoms with E-state index < -0.39 is 5.97 Å². The molecular formula is C22H42O4. The van der Waals surface area contributed by atoms with Crippen LogP contribution in [-0.4, -0.2) is 23.1 Å². The van der Waals surface area contributed by atoms with E-state index in [-0.39, 0.29) is 18.5 Å². The van der Waals surface area contributed by atoms with E-state index in [1.807, 2.05) is 0 Å². The van der Waals surface area contributed by atoms with Crippen LogP contribution >= 0.6 is 0 Å². The number of carbonyl (C=O) groups excluding carboxylic acids is 1. The first-order valence-electron chi connectivity index (χ1n) is 11.0. The maximum atomic E-state index is 12.1. The molecule has 4 heteroatoms. The number of carboxylic acid groups (broad SMARTS) is 1. The molecule has 0 aromatic carbocycles. The Bertz CT molecular complexity index is 341. The molecule has 0 spiro atoms. The number of hydrogen-bond donors (Lipinski definition) is 1. The summed E-state index contributed by atoms with van der Waals surface area (Å²) in [6.07, 6.45) is 17.0. The largest absolute Gasteiger partial charge is 0.481 e. The summed E-state index contributed by atoms with van der Waals surface area (Å²) in [6, 6.07) is 0. The summed E-state index contributed by atoms with van der Waals surface area (Å²) in [4.78, 5) is 22.7. The minimum atomic E-state index is -0.730. The quantitative estimate of drug-likeness (QED) is 0.204. The molecule has 0 radical (unpaired) electrons. The molecule has 0 aromatic rings. The van der Waals surface area contributed by atoms with Gasteiger partial charge >= 0.3 is 11.9 Å². The fourth-order valence-corrected chi connectivity index (χ4v) is 3.18. The second kappa shape index (κ2) is 18.7. The molecule has 0 rings (SSSR count). The van der Waals surface area contributed by atoms with Gasteiger partial charge < -0.3 is 9.84 Å². The lowest BCUT2D eigenvalue weighted by Gasteiger charge is -2.18. The first-order valence-corrected chi connectivity index (χ1v) is 11.0. The molecule has 26 heavy (non-hydrogen) atoms. The van der Waals surface area contributed by atoms with Crippen LogP contribution in [0.5, 0.6) is 0 Å². The molecule has 0 aliphatic rings. The molecule has 1 unspecified atom stereocenters. The van der Waals surface area contributed by atoms with Gasteiger partial charge in [0.15, 0.2) is 0 Å². The number of esters is 1. The summed E-state index contributed by atoms with van der Waals surface area (Å²) in [5.41, 5.74) is 0. The minimum Gasteiger partial charge on any atom is -0.481 e. The molecule has 0 aliphatic carbocycles. The van der Waals surface area contributed by atoms with E-state index >= 15 is 0 Å². The minimum absolute atomic E-state index is 0.0178. The second-order valence-electron chi connectivity index (χ2n) is 7.47. The van der Waals surface area contributed by atoms with Crippen LogP contribution in [0.15, 0.2) is 0 Å². The van der Waals surface area contributed by atoms with Gasteiger partial charge in [0.05, 0.1) is 0 Å². The van der Waals surface area contributed by atoms with Crippen LogP contribution < -0.4 is 0 Å². The first-order chi connectivity index (χ1) is 12.6. The Labute approximate surface area is 161 Å². The molecule has 0 aromatic heterocycles. The van der Waals surface area contributed by atoms with Gasteiger partial charge in [0, 0.05) is 12.8 Å². The first kappa shape index (κ1) is 24.9. The van der Waals surface area contributed by atoms with Crippen LogP contribution in [0.3, 0.4) is 0 Å². The standard InChI is InChI=1S/C22H42O4/c1-3-5-7-9-10-15-19-22(25)26-20(16-12-8-6-4-2)17-13-11-14-18-21(23)24/h20H,3-19H2,1-2H3,(H,23,24). The van der Waals surface area contributed by atoms with E-state index in [9.17, 15) is 9.59 Å². The highest BCUT2D eigenvalue weighted by atomic mass is 16.5. The van der Waals surface area contributed by atoms with Gasteiger partial charge in [-0.1, -0.05) is 71.6 Å². The Kier molecular flexibility index (Phi) is 18.0. The predicted molar refractivity (Wildman–Crippen MR) is 107 cm³/mol. The average Bonchev–Trinajstić information content (AvgIpc) is 2.60. The van der Waals surface area contributed by atoms with Crippen molar-refractivity contribution in [1.29, 1.82) is 0 Å². The Morgan fingerprint density at radius 3 is 1.73 bits per heavy atom. The summed E-state index contributed by atoms with van der Waals surface area (Å²) < 4.78 is 5.73. The van der Waals surface area contributed by atoms with Gasteiger partial charge in [-0.3, -0.25) is 9.59 Å². The molecule has 0 amide bonds. The smallest absolute Gasteiger partial charge is 0.306 e. The lowest BCUT2D eigenvalue weighted by Crippen LogP contribution is -2.18. The van der Waals surface area contributed by atoms with Gasteiger partial charge in [-0.05, 0) is 38.5 Å². The topological polar surface area (TPSA) is 63.6 Å². The van der Waals surface area contributed by atoms with Crippen LogP contribution in [0.4, 0.5) is 0 Å². The predicted octanol–water partition coefficient (Wildman–Crippen LogP) is 6.65. The summed E-state index contributed by atoms with van der Waals surface area (Å²) >= 11 is 0. The molecule has 4 nitrogen and oxygen atoms in total. The highest BCUT2D eigenvalue weighted by Gasteiger charge is 2.14. The monoisotopic (exact) mass is 370 g/mol. The molecule has 1 atom stereocenters. The number of carboxylic acids is 1. The van der Waals surface area contributed by atoms with Crippen molar-refractivity contribution in [3.8, 4) is 0 Å². The number of ether oxygens (including phenoxy) is 1. The second-order valence-corrected chi connectivity index (χ2v) is 7.47. The highest BCUT2D eigenvalue weighted by Crippen LogP contribution is 2.17. The Balaban J connectivity index is 3.99. The molecular weight excluding hydrogens is 328 g/mol. The van der Waals surface area contributed by atoms with Crippen molar-refractivity contribution in [2.24, 2.45) is 0 Å². The highest BCUT2D eigenvalue weighted by molar-refractivity contribution is 5.69. The molecule has 0 bridgehead atoms. The zero-order chi connectivity index (χ0) is 19.5. The molecule has 0 saturated heterocycles. The van der Waals surface area contributed by atoms with Crippen LogP contribution in [0.1, 0.15) is 123 Å². The lowest BCUT2D eigenvalue weighted by atomic mass is 10.0. The summed E-state index contributed by atoms with van der Waals surface area (Å²) in [5.74, 6) is -0.780. The third-order valence-corrected chi connectivity index (χ3v) is 4.83. The normalized spacial score (nSPS) is 12.1. The van der Waals surface area contributed by atoms with Crippen molar-refractivity contribution in [2.75, 3.05) is 0 Å². The maximum Gasteiger partial charge on any atom is 0.306 e. The van der Waals surface area contributed by atoms with Crippen molar-refractivity contribution < 1.29 is 19.4 Å². The third-order valence-electron chi connectivity index (χ3n) is 4.83. The van der Waals surface area contributed by atoms with Gasteiger partial charge in [-0.25, -0.2) is 0 Å². The number of rotatable bonds is 19. The number of hydrogen-bond acceptors (Lipinski definition) is 3. The molecule has 0 fully saturated rings. The van der Waals surface area contributed by atoms with Crippen molar-refractivity contribution in [2.45, 2.75) is 129 Å². The van der Waals surface area contributed by atoms with Gasteiger partial charge in [0.1, 0.15) is 6.10 Å². The van der Waals surface area contributed by atoms with Crippen LogP contribution in [0.25, 0.3) is 0 Å². The van der Waals surface area contributed by atoms with Crippen LogP contribution in [-0.2, 0) is 14.3 Å². The molecule has 0 heterocycles. The molecule has 0 aliphatic heterocycles. The van der Waals surface area contributed by atoms with Crippen molar-refractivity contribution in [1.82, 2.24) is 0 Å². The van der Waals surface area contributed by atoms with Crippen molar-refractivity contribution >= 4 is 11.9 Å². The fraction of sp³-hybridized carbons (Fsp3) is 0.909. The zero-order valence-corrected chi connectivity index (χ0v) is 17.3. The number of aliphatic carboxylic acids is 1. The number of unbranched alkanes of at least 4 members (excludes halogenated alkanes) is 10. The van der Waals surface area contributed by atoms with Crippen LogP contribution in [0, 0.1) is 0 Å². The van der Waals surface area contributed by atoms with E-state index in [1.165, 1.54) is 44.9 Å². The Morgan fingerprint density at radius 2 is 1.15 bits per heavy atom. The average molecular weight is 371 g/mol. The fourth-order valence-electron chi connectivity index (χ4n) is 3.18. The maximum absolute atomic E-state index is 12.1. The molecule has 1 N–H and O–H groups in total. The van der Waals surface area contributed by atoms with Gasteiger partial charge in [-0.2, -0.15) is 0 Å². The SMILES string of the molecule is CCCCCCCCC(=O)OC(CCCCCC)CCCCCC(=O)O. The Morgan fingerprint density at radius 1 is 0.692 bits per heavy atom. The summed E-state index contributed by atoms with van der Waals surface area (Å²) in [5, 5.41) is 8.69. The van der Waals surface area contributed by atoms with Crippen molar-refractivity contribution in [3.63, 3.8) is 0 Å². The van der Waals surface area contributed by atoms with Crippen LogP contribution in [0.2, 0.25) is 0 Å². The van der Waals surface area contributed by atoms with E-state index in [2.05, 4.69) is 13.8 Å². The van der Waals surface area contributed by atoms with Gasteiger partial charge in [-0.15, -0.1) is 0 Å². The summed E-state index contributed by atoms with van der Waals surface area (Å²) in [6.45, 7) is 4.40. The molecule has 154 valence electrons. The number of carbonyl (C=O) groups is 2. The lowest BCUT2D eigenvalue weighted by molar-refractivity contribution is -0.150. The van der Waals surface area contributed by atoms with E-state index in [4.69, 9.17) is 9.84 Å².